The van der Waals surface area contributed by atoms with Gasteiger partial charge >= 0.3 is 0 Å². The number of hydrogen-bond donors (Lipinski definition) is 0. The first kappa shape index (κ1) is 12.6. The van der Waals surface area contributed by atoms with Gasteiger partial charge in [0.15, 0.2) is 0 Å². The molecule has 1 saturated heterocycles. The maximum Gasteiger partial charge on any atom is 0.134 e. The molecule has 1 atom stereocenters. The molecule has 1 unspecified atom stereocenters. The van der Waals surface area contributed by atoms with E-state index in [1.54, 1.807) is 6.92 Å². The van der Waals surface area contributed by atoms with Gasteiger partial charge in [0.1, 0.15) is 5.78 Å². The predicted molar refractivity (Wildman–Crippen MR) is 70.1 cm³/mol. The summed E-state index contributed by atoms with van der Waals surface area (Å²) in [6.45, 7) is 4.49. The highest BCUT2D eigenvalue weighted by Gasteiger charge is 2.23. The second-order valence-electron chi connectivity index (χ2n) is 4.78. The van der Waals surface area contributed by atoms with Gasteiger partial charge in [-0.3, -0.25) is 9.69 Å². The normalized spacial score (nSPS) is 21.4. The van der Waals surface area contributed by atoms with Gasteiger partial charge in [-0.15, -0.1) is 0 Å². The molecule has 1 aliphatic rings. The molecule has 2 rings (SSSR count). The Hall–Kier alpha value is -0.860. The minimum atomic E-state index is 0.214. The molecule has 0 amide bonds. The van der Waals surface area contributed by atoms with Crippen molar-refractivity contribution < 1.29 is 4.79 Å². The smallest absolute Gasteiger partial charge is 0.134 e. The van der Waals surface area contributed by atoms with Crippen LogP contribution in [0.3, 0.4) is 0 Å². The monoisotopic (exact) mass is 251 g/mol. The van der Waals surface area contributed by atoms with E-state index in [4.69, 9.17) is 11.6 Å². The zero-order chi connectivity index (χ0) is 12.3. The summed E-state index contributed by atoms with van der Waals surface area (Å²) >= 11 is 6.15. The van der Waals surface area contributed by atoms with Crippen LogP contribution in [0.2, 0.25) is 5.02 Å². The van der Waals surface area contributed by atoms with E-state index < -0.39 is 0 Å². The molecule has 0 saturated carbocycles. The van der Waals surface area contributed by atoms with Gasteiger partial charge in [-0.1, -0.05) is 29.8 Å². The van der Waals surface area contributed by atoms with Crippen LogP contribution in [0.1, 0.15) is 25.3 Å². The van der Waals surface area contributed by atoms with E-state index in [0.717, 1.165) is 43.1 Å². The standard InChI is InChI=1S/C14H18ClNO/c1-11(17)12-6-4-8-16(9-12)10-13-5-2-3-7-14(13)15/h2-3,5,7,12H,4,6,8-10H2,1H3. The quantitative estimate of drug-likeness (QED) is 0.823. The summed E-state index contributed by atoms with van der Waals surface area (Å²) in [6.07, 6.45) is 2.14. The summed E-state index contributed by atoms with van der Waals surface area (Å²) in [5.41, 5.74) is 1.15. The first-order valence-electron chi connectivity index (χ1n) is 6.13. The topological polar surface area (TPSA) is 20.3 Å². The van der Waals surface area contributed by atoms with Crippen LogP contribution in [0, 0.1) is 5.92 Å². The van der Waals surface area contributed by atoms with Crippen molar-refractivity contribution in [3.05, 3.63) is 34.9 Å². The number of halogens is 1. The number of ketones is 1. The van der Waals surface area contributed by atoms with Crippen LogP contribution in [0.4, 0.5) is 0 Å². The van der Waals surface area contributed by atoms with Crippen molar-refractivity contribution in [2.45, 2.75) is 26.3 Å². The summed E-state index contributed by atoms with van der Waals surface area (Å²) < 4.78 is 0. The second-order valence-corrected chi connectivity index (χ2v) is 5.18. The largest absolute Gasteiger partial charge is 0.300 e. The number of Topliss-reactive ketones (excluding diaryl/α,β-unsaturated/α-hetero) is 1. The van der Waals surface area contributed by atoms with Crippen molar-refractivity contribution in [3.8, 4) is 0 Å². The number of carbonyl (C=O) groups is 1. The molecular formula is C14H18ClNO. The maximum absolute atomic E-state index is 11.4. The van der Waals surface area contributed by atoms with Crippen LogP contribution in [-0.4, -0.2) is 23.8 Å². The molecule has 0 N–H and O–H groups in total. The molecule has 1 aromatic carbocycles. The van der Waals surface area contributed by atoms with Crippen molar-refractivity contribution >= 4 is 17.4 Å². The number of benzene rings is 1. The molecule has 0 spiro atoms. The van der Waals surface area contributed by atoms with Gasteiger partial charge < -0.3 is 0 Å². The molecule has 1 fully saturated rings. The van der Waals surface area contributed by atoms with Gasteiger partial charge in [0.25, 0.3) is 0 Å². The fraction of sp³-hybridized carbons (Fsp3) is 0.500. The highest BCUT2D eigenvalue weighted by molar-refractivity contribution is 6.31. The minimum absolute atomic E-state index is 0.214. The average Bonchev–Trinajstić information content (AvgIpc) is 2.32. The Kier molecular flexibility index (Phi) is 4.19. The Morgan fingerprint density at radius 2 is 2.24 bits per heavy atom. The van der Waals surface area contributed by atoms with Crippen LogP contribution in [0.25, 0.3) is 0 Å². The Bertz CT molecular complexity index is 405. The molecule has 0 aliphatic carbocycles. The summed E-state index contributed by atoms with van der Waals surface area (Å²) in [4.78, 5) is 13.7. The van der Waals surface area contributed by atoms with Gasteiger partial charge in [-0.2, -0.15) is 0 Å². The molecule has 2 nitrogen and oxygen atoms in total. The summed E-state index contributed by atoms with van der Waals surface area (Å²) in [5, 5.41) is 0.817. The van der Waals surface area contributed by atoms with Crippen LogP contribution >= 0.6 is 11.6 Å². The van der Waals surface area contributed by atoms with E-state index in [1.165, 1.54) is 0 Å². The van der Waals surface area contributed by atoms with E-state index >= 15 is 0 Å². The third-order valence-corrected chi connectivity index (χ3v) is 3.80. The van der Waals surface area contributed by atoms with E-state index in [2.05, 4.69) is 11.0 Å². The molecule has 1 heterocycles. The molecular weight excluding hydrogens is 234 g/mol. The number of nitrogens with zero attached hydrogens (tertiary/aromatic N) is 1. The van der Waals surface area contributed by atoms with Gasteiger partial charge in [0.05, 0.1) is 0 Å². The summed E-state index contributed by atoms with van der Waals surface area (Å²) in [7, 11) is 0. The highest BCUT2D eigenvalue weighted by atomic mass is 35.5. The van der Waals surface area contributed by atoms with E-state index in [1.807, 2.05) is 18.2 Å². The van der Waals surface area contributed by atoms with Gasteiger partial charge in [-0.25, -0.2) is 0 Å². The van der Waals surface area contributed by atoms with Crippen LogP contribution in [0.15, 0.2) is 24.3 Å². The lowest BCUT2D eigenvalue weighted by Gasteiger charge is -2.31. The van der Waals surface area contributed by atoms with E-state index in [0.29, 0.717) is 5.78 Å². The lowest BCUT2D eigenvalue weighted by atomic mass is 9.94. The Balaban J connectivity index is 1.99. The molecule has 0 aromatic heterocycles. The molecule has 17 heavy (non-hydrogen) atoms. The predicted octanol–water partition coefficient (Wildman–Crippen LogP) is 3.14. The molecule has 1 aromatic rings. The average molecular weight is 252 g/mol. The van der Waals surface area contributed by atoms with Crippen molar-refractivity contribution in [1.82, 2.24) is 4.90 Å². The van der Waals surface area contributed by atoms with Gasteiger partial charge in [-0.05, 0) is 37.9 Å². The van der Waals surface area contributed by atoms with Crippen molar-refractivity contribution in [2.24, 2.45) is 5.92 Å². The lowest BCUT2D eigenvalue weighted by Crippen LogP contribution is -2.37. The number of piperidine rings is 1. The number of rotatable bonds is 3. The van der Waals surface area contributed by atoms with Gasteiger partial charge in [0.2, 0.25) is 0 Å². The molecule has 92 valence electrons. The van der Waals surface area contributed by atoms with Crippen molar-refractivity contribution in [2.75, 3.05) is 13.1 Å². The van der Waals surface area contributed by atoms with Crippen LogP contribution in [0.5, 0.6) is 0 Å². The van der Waals surface area contributed by atoms with Crippen molar-refractivity contribution in [3.63, 3.8) is 0 Å². The van der Waals surface area contributed by atoms with E-state index in [9.17, 15) is 4.79 Å². The number of hydrogen-bond acceptors (Lipinski definition) is 2. The Morgan fingerprint density at radius 1 is 1.47 bits per heavy atom. The fourth-order valence-corrected chi connectivity index (χ4v) is 2.59. The first-order valence-corrected chi connectivity index (χ1v) is 6.51. The third-order valence-electron chi connectivity index (χ3n) is 3.43. The molecule has 1 aliphatic heterocycles. The Morgan fingerprint density at radius 3 is 2.94 bits per heavy atom. The minimum Gasteiger partial charge on any atom is -0.300 e. The Labute approximate surface area is 108 Å². The highest BCUT2D eigenvalue weighted by Crippen LogP contribution is 2.22. The van der Waals surface area contributed by atoms with Crippen LogP contribution in [-0.2, 0) is 11.3 Å². The molecule has 0 bridgehead atoms. The SMILES string of the molecule is CC(=O)C1CCCN(Cc2ccccc2Cl)C1. The van der Waals surface area contributed by atoms with Crippen LogP contribution < -0.4 is 0 Å². The molecule has 0 radical (unpaired) electrons. The number of likely N-dealkylation sites (tertiary alicyclic amines) is 1. The third kappa shape index (κ3) is 3.30. The summed E-state index contributed by atoms with van der Waals surface area (Å²) in [6, 6.07) is 7.93. The fourth-order valence-electron chi connectivity index (χ4n) is 2.40. The molecule has 3 heteroatoms. The lowest BCUT2D eigenvalue weighted by molar-refractivity contribution is -0.122. The van der Waals surface area contributed by atoms with Gasteiger partial charge in [0, 0.05) is 24.0 Å². The first-order chi connectivity index (χ1) is 8.16. The van der Waals surface area contributed by atoms with Crippen molar-refractivity contribution in [1.29, 1.82) is 0 Å². The number of carbonyl (C=O) groups excluding carboxylic acids is 1. The van der Waals surface area contributed by atoms with E-state index in [-0.39, 0.29) is 5.92 Å². The zero-order valence-corrected chi connectivity index (χ0v) is 10.9. The summed E-state index contributed by atoms with van der Waals surface area (Å²) in [5.74, 6) is 0.528. The maximum atomic E-state index is 11.4. The zero-order valence-electron chi connectivity index (χ0n) is 10.2. The second kappa shape index (κ2) is 5.65.